The van der Waals surface area contributed by atoms with Crippen molar-refractivity contribution >= 4 is 11.6 Å². The fourth-order valence-electron chi connectivity index (χ4n) is 2.78. The second-order valence-corrected chi connectivity index (χ2v) is 6.17. The van der Waals surface area contributed by atoms with Crippen molar-refractivity contribution in [1.82, 2.24) is 0 Å². The van der Waals surface area contributed by atoms with Gasteiger partial charge in [-0.15, -0.1) is 6.58 Å². The molecule has 0 N–H and O–H groups in total. The van der Waals surface area contributed by atoms with Crippen LogP contribution in [0.1, 0.15) is 25.8 Å². The summed E-state index contributed by atoms with van der Waals surface area (Å²) in [5.74, 6) is -0.618. The minimum absolute atomic E-state index is 0.251. The number of rotatable bonds is 5. The molecule has 2 saturated heterocycles. The molecule has 1 unspecified atom stereocenters. The Morgan fingerprint density at radius 3 is 2.82 bits per heavy atom. The first kappa shape index (κ1) is 16.0. The molecule has 5 atom stereocenters. The second-order valence-electron chi connectivity index (χ2n) is 5.76. The predicted molar refractivity (Wildman–Crippen MR) is 83.5 cm³/mol. The molecule has 0 saturated carbocycles. The van der Waals surface area contributed by atoms with Crippen molar-refractivity contribution < 1.29 is 18.9 Å². The van der Waals surface area contributed by atoms with Gasteiger partial charge in [-0.05, 0) is 25.0 Å². The van der Waals surface area contributed by atoms with E-state index in [1.165, 1.54) is 0 Å². The van der Waals surface area contributed by atoms with E-state index in [-0.39, 0.29) is 18.3 Å². The normalized spacial score (nSPS) is 37.2. The molecular formula is C17H21ClO4. The molecule has 2 aliphatic rings. The largest absolute Gasteiger partial charge is 0.367 e. The van der Waals surface area contributed by atoms with Crippen LogP contribution >= 0.6 is 11.6 Å². The summed E-state index contributed by atoms with van der Waals surface area (Å²) in [6.07, 6.45) is 1.30. The lowest BCUT2D eigenvalue weighted by Gasteiger charge is -2.26. The van der Waals surface area contributed by atoms with Crippen molar-refractivity contribution in [2.24, 2.45) is 0 Å². The van der Waals surface area contributed by atoms with E-state index in [0.717, 1.165) is 12.0 Å². The van der Waals surface area contributed by atoms with Crippen LogP contribution in [-0.2, 0) is 25.6 Å². The molecule has 22 heavy (non-hydrogen) atoms. The Labute approximate surface area is 136 Å². The first-order valence-corrected chi connectivity index (χ1v) is 7.93. The van der Waals surface area contributed by atoms with Gasteiger partial charge in [0, 0.05) is 5.02 Å². The van der Waals surface area contributed by atoms with E-state index in [0.29, 0.717) is 11.6 Å². The summed E-state index contributed by atoms with van der Waals surface area (Å²) in [7, 11) is 0. The van der Waals surface area contributed by atoms with Gasteiger partial charge in [-0.2, -0.15) is 0 Å². The number of benzene rings is 1. The summed E-state index contributed by atoms with van der Waals surface area (Å²) >= 11 is 6.17. The van der Waals surface area contributed by atoms with Crippen LogP contribution in [0.15, 0.2) is 36.9 Å². The van der Waals surface area contributed by atoms with Gasteiger partial charge in [-0.1, -0.05) is 42.8 Å². The first-order chi connectivity index (χ1) is 10.6. The molecule has 0 radical (unpaired) electrons. The van der Waals surface area contributed by atoms with Gasteiger partial charge in [0.1, 0.15) is 18.3 Å². The van der Waals surface area contributed by atoms with Gasteiger partial charge >= 0.3 is 0 Å². The molecule has 2 heterocycles. The monoisotopic (exact) mass is 324 g/mol. The van der Waals surface area contributed by atoms with Gasteiger partial charge in [-0.3, -0.25) is 0 Å². The molecular weight excluding hydrogens is 304 g/mol. The molecule has 3 rings (SSSR count). The van der Waals surface area contributed by atoms with Crippen LogP contribution in [0.25, 0.3) is 0 Å². The summed E-state index contributed by atoms with van der Waals surface area (Å²) in [6.45, 7) is 8.14. The molecule has 4 nitrogen and oxygen atoms in total. The predicted octanol–water partition coefficient (Wildman–Crippen LogP) is 3.68. The maximum atomic E-state index is 6.17. The molecule has 2 fully saturated rings. The van der Waals surface area contributed by atoms with Gasteiger partial charge in [0.25, 0.3) is 0 Å². The van der Waals surface area contributed by atoms with Crippen molar-refractivity contribution in [3.05, 3.63) is 47.5 Å². The summed E-state index contributed by atoms with van der Waals surface area (Å²) < 4.78 is 23.8. The number of halogens is 1. The molecule has 0 spiro atoms. The van der Waals surface area contributed by atoms with E-state index < -0.39 is 12.1 Å². The summed E-state index contributed by atoms with van der Waals surface area (Å²) in [6, 6.07) is 7.63. The molecule has 1 aromatic rings. The smallest absolute Gasteiger partial charge is 0.190 e. The zero-order valence-corrected chi connectivity index (χ0v) is 13.6. The zero-order chi connectivity index (χ0) is 15.7. The standard InChI is InChI=1S/C17H21ClO4/c1-4-13-14(19-10-11-8-6-7-9-12(11)18)15-16(20-13)22-17(3,5-2)21-15/h4,6-9,13-16H,1,5,10H2,2-3H3/t13-,14+,15-,16-,17?/m1/s1. The molecule has 120 valence electrons. The van der Waals surface area contributed by atoms with Gasteiger partial charge < -0.3 is 18.9 Å². The highest BCUT2D eigenvalue weighted by Gasteiger charge is 2.55. The van der Waals surface area contributed by atoms with Crippen LogP contribution in [0, 0.1) is 0 Å². The topological polar surface area (TPSA) is 36.9 Å². The van der Waals surface area contributed by atoms with E-state index in [1.807, 2.05) is 38.1 Å². The van der Waals surface area contributed by atoms with Crippen LogP contribution in [0.2, 0.25) is 5.02 Å². The Kier molecular flexibility index (Phi) is 4.57. The fraction of sp³-hybridized carbons (Fsp3) is 0.529. The first-order valence-electron chi connectivity index (χ1n) is 7.55. The van der Waals surface area contributed by atoms with Crippen molar-refractivity contribution in [2.45, 2.75) is 57.3 Å². The number of hydrogen-bond acceptors (Lipinski definition) is 4. The molecule has 0 aliphatic carbocycles. The van der Waals surface area contributed by atoms with E-state index in [9.17, 15) is 0 Å². The van der Waals surface area contributed by atoms with Crippen LogP contribution in [-0.4, -0.2) is 30.4 Å². The van der Waals surface area contributed by atoms with E-state index >= 15 is 0 Å². The number of fused-ring (bicyclic) bond motifs is 1. The third kappa shape index (κ3) is 2.94. The Hall–Kier alpha value is -0.910. The quantitative estimate of drug-likeness (QED) is 0.774. The average molecular weight is 325 g/mol. The van der Waals surface area contributed by atoms with Gasteiger partial charge in [0.15, 0.2) is 12.1 Å². The maximum Gasteiger partial charge on any atom is 0.190 e. The van der Waals surface area contributed by atoms with Crippen molar-refractivity contribution in [3.63, 3.8) is 0 Å². The van der Waals surface area contributed by atoms with Crippen LogP contribution in [0.3, 0.4) is 0 Å². The van der Waals surface area contributed by atoms with Gasteiger partial charge in [-0.25, -0.2) is 0 Å². The molecule has 5 heteroatoms. The lowest BCUT2D eigenvalue weighted by Crippen LogP contribution is -2.36. The minimum atomic E-state index is -0.618. The lowest BCUT2D eigenvalue weighted by atomic mass is 10.1. The zero-order valence-electron chi connectivity index (χ0n) is 12.8. The van der Waals surface area contributed by atoms with E-state index in [1.54, 1.807) is 6.08 Å². The highest BCUT2D eigenvalue weighted by Crippen LogP contribution is 2.40. The van der Waals surface area contributed by atoms with Crippen molar-refractivity contribution in [2.75, 3.05) is 0 Å². The maximum absolute atomic E-state index is 6.17. The third-order valence-corrected chi connectivity index (χ3v) is 4.59. The van der Waals surface area contributed by atoms with Crippen LogP contribution in [0.5, 0.6) is 0 Å². The van der Waals surface area contributed by atoms with Crippen LogP contribution < -0.4 is 0 Å². The van der Waals surface area contributed by atoms with Crippen molar-refractivity contribution in [1.29, 1.82) is 0 Å². The molecule has 1 aromatic carbocycles. The Bertz CT molecular complexity index is 549. The highest BCUT2D eigenvalue weighted by molar-refractivity contribution is 6.31. The number of hydrogen-bond donors (Lipinski definition) is 0. The SMILES string of the molecule is C=C[C@H]1O[C@@H]2OC(C)(CC)O[C@@H]2[C@H]1OCc1ccccc1Cl. The summed E-state index contributed by atoms with van der Waals surface area (Å²) in [4.78, 5) is 0. The fourth-order valence-corrected chi connectivity index (χ4v) is 2.97. The Morgan fingerprint density at radius 2 is 2.14 bits per heavy atom. The molecule has 0 bridgehead atoms. The van der Waals surface area contributed by atoms with E-state index in [2.05, 4.69) is 6.58 Å². The Balaban J connectivity index is 1.71. The molecule has 2 aliphatic heterocycles. The summed E-state index contributed by atoms with van der Waals surface area (Å²) in [5, 5.41) is 0.690. The highest BCUT2D eigenvalue weighted by atomic mass is 35.5. The summed E-state index contributed by atoms with van der Waals surface area (Å²) in [5.41, 5.74) is 0.938. The Morgan fingerprint density at radius 1 is 1.36 bits per heavy atom. The van der Waals surface area contributed by atoms with Gasteiger partial charge in [0.2, 0.25) is 0 Å². The van der Waals surface area contributed by atoms with E-state index in [4.69, 9.17) is 30.5 Å². The lowest BCUT2D eigenvalue weighted by molar-refractivity contribution is -0.223. The average Bonchev–Trinajstić information content (AvgIpc) is 3.00. The molecule has 0 amide bonds. The third-order valence-electron chi connectivity index (χ3n) is 4.22. The van der Waals surface area contributed by atoms with Crippen LogP contribution in [0.4, 0.5) is 0 Å². The minimum Gasteiger partial charge on any atom is -0.367 e. The molecule has 0 aromatic heterocycles. The second kappa shape index (κ2) is 6.30. The van der Waals surface area contributed by atoms with Crippen molar-refractivity contribution in [3.8, 4) is 0 Å². The number of ether oxygens (including phenoxy) is 4. The van der Waals surface area contributed by atoms with Gasteiger partial charge in [0.05, 0.1) is 6.61 Å².